The molecule has 0 saturated carbocycles. The third-order valence-electron chi connectivity index (χ3n) is 4.24. The summed E-state index contributed by atoms with van der Waals surface area (Å²) in [7, 11) is 0. The van der Waals surface area contributed by atoms with Gasteiger partial charge in [0.1, 0.15) is 0 Å². The minimum Gasteiger partial charge on any atom is -0.325 e. The number of amides is 1. The molecule has 3 nitrogen and oxygen atoms in total. The number of ketones is 1. The Bertz CT molecular complexity index is 972. The van der Waals surface area contributed by atoms with Crippen molar-refractivity contribution in [1.82, 2.24) is 0 Å². The van der Waals surface area contributed by atoms with Gasteiger partial charge in [-0.25, -0.2) is 0 Å². The fourth-order valence-electron chi connectivity index (χ4n) is 2.75. The lowest BCUT2D eigenvalue weighted by Crippen LogP contribution is -2.16. The second-order valence-electron chi connectivity index (χ2n) is 6.37. The van der Waals surface area contributed by atoms with Crippen molar-refractivity contribution >= 4 is 40.7 Å². The number of Topliss-reactive ketones (excluding diaryl/α,β-unsaturated/α-hetero) is 1. The summed E-state index contributed by atoms with van der Waals surface area (Å²) in [4.78, 5) is 24.4. The number of hydrogen-bond acceptors (Lipinski definition) is 3. The lowest BCUT2D eigenvalue weighted by molar-refractivity contribution is -0.113. The van der Waals surface area contributed by atoms with Crippen molar-refractivity contribution in [2.75, 3.05) is 16.8 Å². The first-order chi connectivity index (χ1) is 13.5. The fourth-order valence-corrected chi connectivity index (χ4v) is 3.69. The van der Waals surface area contributed by atoms with Gasteiger partial charge in [-0.05, 0) is 41.8 Å². The maximum absolute atomic E-state index is 12.4. The SMILES string of the molecule is Cc1cc(Cl)ccc1NC(=O)CSCC(=O)c1ccc(-c2ccccc2)cc1. The van der Waals surface area contributed by atoms with Crippen LogP contribution in [0.3, 0.4) is 0 Å². The van der Waals surface area contributed by atoms with Crippen LogP contribution in [0.5, 0.6) is 0 Å². The van der Waals surface area contributed by atoms with E-state index in [1.54, 1.807) is 18.2 Å². The maximum Gasteiger partial charge on any atom is 0.234 e. The van der Waals surface area contributed by atoms with Crippen molar-refractivity contribution < 1.29 is 9.59 Å². The number of carbonyl (C=O) groups is 2. The lowest BCUT2D eigenvalue weighted by atomic mass is 10.0. The second-order valence-corrected chi connectivity index (χ2v) is 7.79. The summed E-state index contributed by atoms with van der Waals surface area (Å²) in [5, 5.41) is 3.48. The molecule has 28 heavy (non-hydrogen) atoms. The molecule has 3 aromatic carbocycles. The van der Waals surface area contributed by atoms with E-state index in [0.29, 0.717) is 10.6 Å². The molecular formula is C23H20ClNO2S. The Balaban J connectivity index is 1.49. The molecular weight excluding hydrogens is 390 g/mol. The molecule has 1 amide bonds. The highest BCUT2D eigenvalue weighted by atomic mass is 35.5. The summed E-state index contributed by atoms with van der Waals surface area (Å²) in [6.07, 6.45) is 0. The number of halogens is 1. The van der Waals surface area contributed by atoms with E-state index in [0.717, 1.165) is 22.4 Å². The molecule has 0 fully saturated rings. The normalized spacial score (nSPS) is 10.5. The molecule has 0 unspecified atom stereocenters. The summed E-state index contributed by atoms with van der Waals surface area (Å²) in [5.74, 6) is 0.357. The van der Waals surface area contributed by atoms with Crippen molar-refractivity contribution in [3.8, 4) is 11.1 Å². The van der Waals surface area contributed by atoms with Crippen LogP contribution < -0.4 is 5.32 Å². The van der Waals surface area contributed by atoms with Gasteiger partial charge in [-0.2, -0.15) is 0 Å². The number of anilines is 1. The van der Waals surface area contributed by atoms with Crippen molar-refractivity contribution in [3.05, 3.63) is 88.9 Å². The average molecular weight is 410 g/mol. The predicted molar refractivity (Wildman–Crippen MR) is 118 cm³/mol. The minimum absolute atomic E-state index is 0.0140. The van der Waals surface area contributed by atoms with E-state index in [1.807, 2.05) is 61.5 Å². The Morgan fingerprint density at radius 2 is 1.57 bits per heavy atom. The Morgan fingerprint density at radius 1 is 0.893 bits per heavy atom. The lowest BCUT2D eigenvalue weighted by Gasteiger charge is -2.08. The van der Waals surface area contributed by atoms with Gasteiger partial charge in [0.05, 0.1) is 11.5 Å². The molecule has 0 saturated heterocycles. The van der Waals surface area contributed by atoms with Crippen LogP contribution in [-0.2, 0) is 4.79 Å². The predicted octanol–water partition coefficient (Wildman–Crippen LogP) is 5.87. The first-order valence-electron chi connectivity index (χ1n) is 8.85. The van der Waals surface area contributed by atoms with E-state index >= 15 is 0 Å². The standard InChI is InChI=1S/C23H20ClNO2S/c1-16-13-20(24)11-12-21(16)25-23(27)15-28-14-22(26)19-9-7-18(8-10-19)17-5-3-2-4-6-17/h2-13H,14-15H2,1H3,(H,25,27). The topological polar surface area (TPSA) is 46.2 Å². The Labute approximate surface area is 174 Å². The van der Waals surface area contributed by atoms with E-state index in [1.165, 1.54) is 11.8 Å². The van der Waals surface area contributed by atoms with Gasteiger partial charge in [0.2, 0.25) is 5.91 Å². The number of hydrogen-bond donors (Lipinski definition) is 1. The Kier molecular flexibility index (Phi) is 6.90. The molecule has 0 bridgehead atoms. The van der Waals surface area contributed by atoms with E-state index in [-0.39, 0.29) is 23.2 Å². The van der Waals surface area contributed by atoms with Crippen LogP contribution in [0.25, 0.3) is 11.1 Å². The van der Waals surface area contributed by atoms with Crippen LogP contribution in [-0.4, -0.2) is 23.2 Å². The van der Waals surface area contributed by atoms with Gasteiger partial charge in [-0.15, -0.1) is 11.8 Å². The zero-order chi connectivity index (χ0) is 19.9. The van der Waals surface area contributed by atoms with E-state index in [9.17, 15) is 9.59 Å². The monoisotopic (exact) mass is 409 g/mol. The van der Waals surface area contributed by atoms with Crippen LogP contribution in [0, 0.1) is 6.92 Å². The van der Waals surface area contributed by atoms with Gasteiger partial charge in [0.15, 0.2) is 5.78 Å². The second kappa shape index (κ2) is 9.58. The van der Waals surface area contributed by atoms with Crippen LogP contribution >= 0.6 is 23.4 Å². The quantitative estimate of drug-likeness (QED) is 0.496. The minimum atomic E-state index is -0.136. The van der Waals surface area contributed by atoms with Crippen LogP contribution in [0.4, 0.5) is 5.69 Å². The molecule has 5 heteroatoms. The highest BCUT2D eigenvalue weighted by Crippen LogP contribution is 2.21. The van der Waals surface area contributed by atoms with Gasteiger partial charge in [-0.1, -0.05) is 66.2 Å². The molecule has 0 heterocycles. The zero-order valence-corrected chi connectivity index (χ0v) is 17.0. The molecule has 3 aromatic rings. The van der Waals surface area contributed by atoms with Crippen LogP contribution in [0.1, 0.15) is 15.9 Å². The highest BCUT2D eigenvalue weighted by Gasteiger charge is 2.10. The van der Waals surface area contributed by atoms with Gasteiger partial charge < -0.3 is 5.32 Å². The summed E-state index contributed by atoms with van der Waals surface area (Å²) in [5.41, 5.74) is 4.48. The molecule has 0 aliphatic carbocycles. The molecule has 0 atom stereocenters. The number of aryl methyl sites for hydroxylation is 1. The summed E-state index contributed by atoms with van der Waals surface area (Å²) >= 11 is 7.23. The average Bonchev–Trinajstić information content (AvgIpc) is 2.71. The largest absolute Gasteiger partial charge is 0.325 e. The van der Waals surface area contributed by atoms with Crippen molar-refractivity contribution in [2.24, 2.45) is 0 Å². The van der Waals surface area contributed by atoms with Crippen LogP contribution in [0.15, 0.2) is 72.8 Å². The molecule has 142 valence electrons. The third-order valence-corrected chi connectivity index (χ3v) is 5.41. The smallest absolute Gasteiger partial charge is 0.234 e. The van der Waals surface area contributed by atoms with Gasteiger partial charge >= 0.3 is 0 Å². The number of nitrogens with one attached hydrogen (secondary N) is 1. The maximum atomic E-state index is 12.4. The number of carbonyl (C=O) groups excluding carboxylic acids is 2. The molecule has 0 aliphatic rings. The summed E-state index contributed by atoms with van der Waals surface area (Å²) < 4.78 is 0. The summed E-state index contributed by atoms with van der Waals surface area (Å²) in [6, 6.07) is 22.9. The van der Waals surface area contributed by atoms with Crippen molar-refractivity contribution in [1.29, 1.82) is 0 Å². The zero-order valence-electron chi connectivity index (χ0n) is 15.4. The van der Waals surface area contributed by atoms with Crippen molar-refractivity contribution in [3.63, 3.8) is 0 Å². The number of benzene rings is 3. The number of rotatable bonds is 7. The van der Waals surface area contributed by atoms with Crippen molar-refractivity contribution in [2.45, 2.75) is 6.92 Å². The molecule has 1 N–H and O–H groups in total. The molecule has 0 aliphatic heterocycles. The van der Waals surface area contributed by atoms with Gasteiger partial charge in [-0.3, -0.25) is 9.59 Å². The Morgan fingerprint density at radius 3 is 2.25 bits per heavy atom. The van der Waals surface area contributed by atoms with E-state index < -0.39 is 0 Å². The fraction of sp³-hybridized carbons (Fsp3) is 0.130. The molecule has 0 radical (unpaired) electrons. The third kappa shape index (κ3) is 5.47. The molecule has 0 aromatic heterocycles. The first-order valence-corrected chi connectivity index (χ1v) is 10.4. The van der Waals surface area contributed by atoms with Gasteiger partial charge in [0, 0.05) is 16.3 Å². The number of thioether (sulfide) groups is 1. The summed E-state index contributed by atoms with van der Waals surface area (Å²) in [6.45, 7) is 1.89. The Hall–Kier alpha value is -2.56. The van der Waals surface area contributed by atoms with Crippen LogP contribution in [0.2, 0.25) is 5.02 Å². The van der Waals surface area contributed by atoms with Gasteiger partial charge in [0.25, 0.3) is 0 Å². The molecule has 3 rings (SSSR count). The highest BCUT2D eigenvalue weighted by molar-refractivity contribution is 8.00. The first kappa shape index (κ1) is 20.2. The molecule has 0 spiro atoms. The van der Waals surface area contributed by atoms with E-state index in [2.05, 4.69) is 5.32 Å². The van der Waals surface area contributed by atoms with E-state index in [4.69, 9.17) is 11.6 Å².